The molecule has 0 bridgehead atoms. The van der Waals surface area contributed by atoms with Crippen molar-refractivity contribution in [3.63, 3.8) is 0 Å². The zero-order valence-electron chi connectivity index (χ0n) is 9.99. The summed E-state index contributed by atoms with van der Waals surface area (Å²) in [6.07, 6.45) is 8.67. The Morgan fingerprint density at radius 1 is 1.38 bits per heavy atom. The first-order valence-electron chi connectivity index (χ1n) is 5.97. The number of pyridine rings is 1. The number of rotatable bonds is 2. The van der Waals surface area contributed by atoms with E-state index in [2.05, 4.69) is 29.9 Å². The minimum Gasteiger partial charge on any atom is -0.370 e. The van der Waals surface area contributed by atoms with Crippen LogP contribution in [0.5, 0.6) is 0 Å². The van der Waals surface area contributed by atoms with E-state index in [1.807, 2.05) is 12.4 Å². The highest BCUT2D eigenvalue weighted by Gasteiger charge is 2.27. The number of hydrogen-bond donors (Lipinski definition) is 0. The summed E-state index contributed by atoms with van der Waals surface area (Å²) in [7, 11) is 2.15. The van der Waals surface area contributed by atoms with Crippen molar-refractivity contribution in [2.24, 2.45) is 0 Å². The summed E-state index contributed by atoms with van der Waals surface area (Å²) in [4.78, 5) is 6.46. The first-order chi connectivity index (χ1) is 7.70. The number of aromatic nitrogens is 1. The molecule has 0 spiro atoms. The Hall–Kier alpha value is -0.760. The Bertz CT molecular complexity index is 354. The van der Waals surface area contributed by atoms with Crippen molar-refractivity contribution < 1.29 is 0 Å². The molecule has 3 heteroatoms. The lowest BCUT2D eigenvalue weighted by Crippen LogP contribution is -2.41. The van der Waals surface area contributed by atoms with Gasteiger partial charge in [-0.1, -0.05) is 12.8 Å². The molecule has 88 valence electrons. The fraction of sp³-hybridized carbons (Fsp3) is 0.615. The van der Waals surface area contributed by atoms with Gasteiger partial charge in [-0.25, -0.2) is 0 Å². The average molecular weight is 239 g/mol. The van der Waals surface area contributed by atoms with Gasteiger partial charge < -0.3 is 4.90 Å². The van der Waals surface area contributed by atoms with Crippen LogP contribution in [0, 0.1) is 6.92 Å². The van der Waals surface area contributed by atoms with Crippen molar-refractivity contribution in [2.75, 3.05) is 11.9 Å². The van der Waals surface area contributed by atoms with Crippen LogP contribution in [0.25, 0.3) is 0 Å². The lowest BCUT2D eigenvalue weighted by atomic mass is 9.93. The van der Waals surface area contributed by atoms with E-state index in [-0.39, 0.29) is 5.38 Å². The third kappa shape index (κ3) is 2.32. The van der Waals surface area contributed by atoms with Crippen molar-refractivity contribution in [1.29, 1.82) is 0 Å². The van der Waals surface area contributed by atoms with E-state index >= 15 is 0 Å². The average Bonchev–Trinajstić information content (AvgIpc) is 2.29. The Morgan fingerprint density at radius 2 is 2.12 bits per heavy atom. The number of alkyl halides is 1. The molecule has 1 heterocycles. The van der Waals surface area contributed by atoms with Crippen LogP contribution in [0.15, 0.2) is 18.5 Å². The molecule has 0 N–H and O–H groups in total. The molecule has 0 saturated heterocycles. The fourth-order valence-electron chi connectivity index (χ4n) is 2.54. The topological polar surface area (TPSA) is 16.1 Å². The van der Waals surface area contributed by atoms with Crippen LogP contribution in [0.4, 0.5) is 5.69 Å². The summed E-state index contributed by atoms with van der Waals surface area (Å²) >= 11 is 6.42. The second-order valence-electron chi connectivity index (χ2n) is 4.64. The van der Waals surface area contributed by atoms with Gasteiger partial charge in [-0.2, -0.15) is 0 Å². The number of anilines is 1. The minimum atomic E-state index is 0.284. The molecule has 0 aromatic carbocycles. The van der Waals surface area contributed by atoms with Crippen LogP contribution in [0.2, 0.25) is 0 Å². The van der Waals surface area contributed by atoms with Crippen molar-refractivity contribution in [1.82, 2.24) is 4.98 Å². The quantitative estimate of drug-likeness (QED) is 0.735. The summed E-state index contributed by atoms with van der Waals surface area (Å²) in [6.45, 7) is 2.10. The van der Waals surface area contributed by atoms with Crippen molar-refractivity contribution in [2.45, 2.75) is 44.0 Å². The van der Waals surface area contributed by atoms with Gasteiger partial charge in [-0.05, 0) is 31.4 Å². The van der Waals surface area contributed by atoms with Crippen molar-refractivity contribution in [3.05, 3.63) is 24.0 Å². The predicted molar refractivity (Wildman–Crippen MR) is 69.3 cm³/mol. The smallest absolute Gasteiger partial charge is 0.0539 e. The van der Waals surface area contributed by atoms with Crippen LogP contribution in [-0.2, 0) is 0 Å². The highest BCUT2D eigenvalue weighted by molar-refractivity contribution is 6.21. The number of aryl methyl sites for hydroxylation is 1. The van der Waals surface area contributed by atoms with Crippen LogP contribution in [0.3, 0.4) is 0 Å². The zero-order valence-corrected chi connectivity index (χ0v) is 10.7. The first-order valence-corrected chi connectivity index (χ1v) is 6.41. The number of nitrogens with zero attached hydrogens (tertiary/aromatic N) is 2. The van der Waals surface area contributed by atoms with E-state index in [1.54, 1.807) is 0 Å². The zero-order chi connectivity index (χ0) is 11.5. The maximum atomic E-state index is 6.42. The summed E-state index contributed by atoms with van der Waals surface area (Å²) in [5.74, 6) is 0. The molecule has 0 radical (unpaired) electrons. The van der Waals surface area contributed by atoms with Gasteiger partial charge in [-0.15, -0.1) is 11.6 Å². The Kier molecular flexibility index (Phi) is 3.70. The molecule has 0 amide bonds. The molecule has 1 aliphatic carbocycles. The van der Waals surface area contributed by atoms with Crippen LogP contribution >= 0.6 is 11.6 Å². The third-order valence-corrected chi connectivity index (χ3v) is 4.02. The molecular formula is C13H19ClN2. The Labute approximate surface area is 103 Å². The monoisotopic (exact) mass is 238 g/mol. The standard InChI is InChI=1S/C13H19ClN2/c1-10-9-15-8-7-12(10)16(2)13-6-4-3-5-11(13)14/h7-9,11,13H,3-6H2,1-2H3. The summed E-state index contributed by atoms with van der Waals surface area (Å²) in [5, 5.41) is 0.284. The van der Waals surface area contributed by atoms with Gasteiger partial charge in [-0.3, -0.25) is 4.98 Å². The molecule has 2 nitrogen and oxygen atoms in total. The molecule has 2 unspecified atom stereocenters. The lowest BCUT2D eigenvalue weighted by Gasteiger charge is -2.37. The van der Waals surface area contributed by atoms with Gasteiger partial charge in [0, 0.05) is 31.2 Å². The van der Waals surface area contributed by atoms with E-state index in [1.165, 1.54) is 30.5 Å². The molecule has 1 fully saturated rings. The summed E-state index contributed by atoms with van der Waals surface area (Å²) in [5.41, 5.74) is 2.48. The van der Waals surface area contributed by atoms with Crippen molar-refractivity contribution in [3.8, 4) is 0 Å². The molecule has 16 heavy (non-hydrogen) atoms. The van der Waals surface area contributed by atoms with E-state index < -0.39 is 0 Å². The van der Waals surface area contributed by atoms with Gasteiger partial charge in [0.2, 0.25) is 0 Å². The third-order valence-electron chi connectivity index (χ3n) is 3.52. The first kappa shape index (κ1) is 11.7. The second kappa shape index (κ2) is 5.05. The highest BCUT2D eigenvalue weighted by Crippen LogP contribution is 2.30. The molecule has 1 saturated carbocycles. The maximum absolute atomic E-state index is 6.42. The fourth-order valence-corrected chi connectivity index (χ4v) is 2.99. The molecule has 1 aromatic heterocycles. The van der Waals surface area contributed by atoms with Gasteiger partial charge in [0.25, 0.3) is 0 Å². The number of hydrogen-bond acceptors (Lipinski definition) is 2. The normalized spacial score (nSPS) is 25.4. The molecule has 1 aromatic rings. The van der Waals surface area contributed by atoms with Crippen LogP contribution in [-0.4, -0.2) is 23.5 Å². The summed E-state index contributed by atoms with van der Waals surface area (Å²) < 4.78 is 0. The van der Waals surface area contributed by atoms with Crippen molar-refractivity contribution >= 4 is 17.3 Å². The van der Waals surface area contributed by atoms with E-state index in [0.717, 1.165) is 6.42 Å². The van der Waals surface area contributed by atoms with Gasteiger partial charge in [0.1, 0.15) is 0 Å². The second-order valence-corrected chi connectivity index (χ2v) is 5.20. The van der Waals surface area contributed by atoms with E-state index in [0.29, 0.717) is 6.04 Å². The largest absolute Gasteiger partial charge is 0.370 e. The molecule has 2 atom stereocenters. The molecular weight excluding hydrogens is 220 g/mol. The van der Waals surface area contributed by atoms with E-state index in [4.69, 9.17) is 11.6 Å². The van der Waals surface area contributed by atoms with Gasteiger partial charge >= 0.3 is 0 Å². The van der Waals surface area contributed by atoms with E-state index in [9.17, 15) is 0 Å². The lowest BCUT2D eigenvalue weighted by molar-refractivity contribution is 0.434. The molecule has 0 aliphatic heterocycles. The Morgan fingerprint density at radius 3 is 2.81 bits per heavy atom. The van der Waals surface area contributed by atoms with Gasteiger partial charge in [0.15, 0.2) is 0 Å². The Balaban J connectivity index is 2.17. The highest BCUT2D eigenvalue weighted by atomic mass is 35.5. The van der Waals surface area contributed by atoms with Crippen LogP contribution in [0.1, 0.15) is 31.2 Å². The predicted octanol–water partition coefficient (Wildman–Crippen LogP) is 3.38. The van der Waals surface area contributed by atoms with Crippen LogP contribution < -0.4 is 4.90 Å². The number of halogens is 1. The molecule has 2 rings (SSSR count). The SMILES string of the molecule is Cc1cnccc1N(C)C1CCCCC1Cl. The summed E-state index contributed by atoms with van der Waals surface area (Å²) in [6, 6.07) is 2.55. The molecule has 1 aliphatic rings. The van der Waals surface area contributed by atoms with Gasteiger partial charge in [0.05, 0.1) is 5.38 Å². The maximum Gasteiger partial charge on any atom is 0.0539 e. The minimum absolute atomic E-state index is 0.284.